The summed E-state index contributed by atoms with van der Waals surface area (Å²) < 4.78 is 21.3. The summed E-state index contributed by atoms with van der Waals surface area (Å²) in [7, 11) is 0. The molecular formula is C17H25NO8. The molecule has 1 aliphatic rings. The molecule has 1 rings (SSSR count). The van der Waals surface area contributed by atoms with Crippen molar-refractivity contribution in [2.24, 2.45) is 0 Å². The molecule has 0 aromatic rings. The topological polar surface area (TPSA) is 120 Å². The molecule has 5 atom stereocenters. The first kappa shape index (κ1) is 21.9. The number of unbranched alkanes of at least 4 members (excludes halogenated alkanes) is 1. The highest BCUT2D eigenvalue weighted by Gasteiger charge is 2.48. The monoisotopic (exact) mass is 371 g/mol. The molecule has 0 aromatic carbocycles. The molecule has 0 bridgehead atoms. The fourth-order valence-corrected chi connectivity index (χ4v) is 2.49. The lowest BCUT2D eigenvalue weighted by molar-refractivity contribution is -0.274. The van der Waals surface area contributed by atoms with Crippen molar-refractivity contribution >= 4 is 17.8 Å². The summed E-state index contributed by atoms with van der Waals surface area (Å²) in [6, 6.07) is -0.939. The van der Waals surface area contributed by atoms with Gasteiger partial charge in [0.25, 0.3) is 0 Å². The quantitative estimate of drug-likeness (QED) is 0.333. The fourth-order valence-electron chi connectivity index (χ4n) is 2.49. The summed E-state index contributed by atoms with van der Waals surface area (Å²) in [5.41, 5.74) is 0. The second kappa shape index (κ2) is 10.8. The molecule has 0 unspecified atom stereocenters. The van der Waals surface area contributed by atoms with E-state index < -0.39 is 48.5 Å². The van der Waals surface area contributed by atoms with Crippen LogP contribution in [0.5, 0.6) is 0 Å². The molecule has 1 heterocycles. The first-order valence-corrected chi connectivity index (χ1v) is 8.22. The molecule has 0 spiro atoms. The van der Waals surface area contributed by atoms with E-state index in [-0.39, 0.29) is 13.2 Å². The van der Waals surface area contributed by atoms with Crippen LogP contribution in [0.25, 0.3) is 0 Å². The Labute approximate surface area is 152 Å². The molecule has 9 heteroatoms. The number of nitrogens with one attached hydrogen (secondary N) is 1. The van der Waals surface area contributed by atoms with Gasteiger partial charge >= 0.3 is 11.9 Å². The molecule has 0 aromatic heterocycles. The molecule has 9 nitrogen and oxygen atoms in total. The number of carbonyl (C=O) groups is 3. The van der Waals surface area contributed by atoms with E-state index in [4.69, 9.17) is 25.4 Å². The Hall–Kier alpha value is -2.15. The van der Waals surface area contributed by atoms with Gasteiger partial charge in [0.2, 0.25) is 5.91 Å². The van der Waals surface area contributed by atoms with Gasteiger partial charge < -0.3 is 29.4 Å². The van der Waals surface area contributed by atoms with Crippen LogP contribution in [0.2, 0.25) is 0 Å². The van der Waals surface area contributed by atoms with Crippen LogP contribution < -0.4 is 5.32 Å². The first-order chi connectivity index (χ1) is 12.3. The van der Waals surface area contributed by atoms with Crippen LogP contribution in [0.1, 0.15) is 33.6 Å². The first-order valence-electron chi connectivity index (χ1n) is 8.22. The molecule has 2 N–H and O–H groups in total. The number of carbonyl (C=O) groups excluding carboxylic acids is 3. The SMILES string of the molecule is C#CCCCO[C@@H]1O[C@H](COC(C)=O)[C@H](O)[C@H](OC(C)=O)[C@H]1NC(C)=O. The summed E-state index contributed by atoms with van der Waals surface area (Å²) >= 11 is 0. The average Bonchev–Trinajstić information content (AvgIpc) is 2.54. The molecule has 1 fully saturated rings. The van der Waals surface area contributed by atoms with Crippen LogP contribution in [0.15, 0.2) is 0 Å². The lowest BCUT2D eigenvalue weighted by Crippen LogP contribution is -2.65. The van der Waals surface area contributed by atoms with Crippen molar-refractivity contribution in [1.82, 2.24) is 5.32 Å². The normalized spacial score (nSPS) is 27.9. The van der Waals surface area contributed by atoms with Gasteiger partial charge in [0, 0.05) is 27.2 Å². The summed E-state index contributed by atoms with van der Waals surface area (Å²) in [6.07, 6.45) is 1.75. The minimum absolute atomic E-state index is 0.230. The largest absolute Gasteiger partial charge is 0.463 e. The molecule has 1 amide bonds. The van der Waals surface area contributed by atoms with Crippen molar-refractivity contribution in [3.05, 3.63) is 0 Å². The minimum Gasteiger partial charge on any atom is -0.463 e. The third-order valence-electron chi connectivity index (χ3n) is 3.54. The molecule has 0 radical (unpaired) electrons. The number of esters is 2. The highest BCUT2D eigenvalue weighted by atomic mass is 16.7. The Kier molecular flexibility index (Phi) is 9.05. The van der Waals surface area contributed by atoms with E-state index in [2.05, 4.69) is 11.2 Å². The van der Waals surface area contributed by atoms with Gasteiger partial charge in [-0.2, -0.15) is 0 Å². The van der Waals surface area contributed by atoms with E-state index in [1.54, 1.807) is 0 Å². The number of amides is 1. The van der Waals surface area contributed by atoms with Crippen molar-refractivity contribution < 1.29 is 38.4 Å². The molecule has 1 aliphatic heterocycles. The van der Waals surface area contributed by atoms with E-state index in [1.165, 1.54) is 20.8 Å². The molecule has 26 heavy (non-hydrogen) atoms. The van der Waals surface area contributed by atoms with Crippen molar-refractivity contribution in [1.29, 1.82) is 0 Å². The molecule has 146 valence electrons. The van der Waals surface area contributed by atoms with Crippen LogP contribution in [-0.4, -0.2) is 66.8 Å². The standard InChI is InChI=1S/C17H25NO8/c1-5-6-7-8-23-17-14(18-10(2)19)16(25-12(4)21)15(22)13(26-17)9-24-11(3)20/h1,13-17,22H,6-9H2,2-4H3,(H,18,19)/t13-,14-,15+,16-,17-/m1/s1. The number of rotatable bonds is 8. The van der Waals surface area contributed by atoms with Crippen molar-refractivity contribution in [3.63, 3.8) is 0 Å². The number of ether oxygens (including phenoxy) is 4. The van der Waals surface area contributed by atoms with E-state index in [0.29, 0.717) is 12.8 Å². The van der Waals surface area contributed by atoms with Gasteiger partial charge in [-0.25, -0.2) is 0 Å². The maximum atomic E-state index is 11.5. The number of aliphatic hydroxyl groups excluding tert-OH is 1. The molecular weight excluding hydrogens is 346 g/mol. The zero-order valence-electron chi connectivity index (χ0n) is 15.1. The highest BCUT2D eigenvalue weighted by Crippen LogP contribution is 2.25. The zero-order valence-corrected chi connectivity index (χ0v) is 15.1. The predicted molar refractivity (Wildman–Crippen MR) is 88.5 cm³/mol. The summed E-state index contributed by atoms with van der Waals surface area (Å²) in [4.78, 5) is 34.0. The highest BCUT2D eigenvalue weighted by molar-refractivity contribution is 5.73. The Morgan fingerprint density at radius 2 is 1.92 bits per heavy atom. The molecule has 0 aliphatic carbocycles. The second-order valence-electron chi connectivity index (χ2n) is 5.81. The van der Waals surface area contributed by atoms with Crippen LogP contribution in [-0.2, 0) is 33.3 Å². The third kappa shape index (κ3) is 7.00. The van der Waals surface area contributed by atoms with Crippen LogP contribution in [0.4, 0.5) is 0 Å². The van der Waals surface area contributed by atoms with Crippen LogP contribution in [0, 0.1) is 12.3 Å². The van der Waals surface area contributed by atoms with Crippen LogP contribution >= 0.6 is 0 Å². The van der Waals surface area contributed by atoms with Gasteiger partial charge in [-0.1, -0.05) is 0 Å². The lowest BCUT2D eigenvalue weighted by Gasteiger charge is -2.43. The Morgan fingerprint density at radius 1 is 1.23 bits per heavy atom. The Morgan fingerprint density at radius 3 is 2.46 bits per heavy atom. The Bertz CT molecular complexity index is 543. The molecule has 1 saturated heterocycles. The van der Waals surface area contributed by atoms with E-state index in [0.717, 1.165) is 0 Å². The van der Waals surface area contributed by atoms with E-state index in [9.17, 15) is 19.5 Å². The molecule has 0 saturated carbocycles. The van der Waals surface area contributed by atoms with Gasteiger partial charge in [0.15, 0.2) is 12.4 Å². The van der Waals surface area contributed by atoms with E-state index in [1.807, 2.05) is 0 Å². The maximum absolute atomic E-state index is 11.5. The number of terminal acetylenes is 1. The Balaban J connectivity index is 2.97. The van der Waals surface area contributed by atoms with Crippen LogP contribution in [0.3, 0.4) is 0 Å². The van der Waals surface area contributed by atoms with Gasteiger partial charge in [-0.15, -0.1) is 12.3 Å². The smallest absolute Gasteiger partial charge is 0.303 e. The average molecular weight is 371 g/mol. The number of hydrogen-bond acceptors (Lipinski definition) is 8. The number of hydrogen-bond donors (Lipinski definition) is 2. The number of aliphatic hydroxyl groups is 1. The van der Waals surface area contributed by atoms with Crippen molar-refractivity contribution in [2.75, 3.05) is 13.2 Å². The maximum Gasteiger partial charge on any atom is 0.303 e. The van der Waals surface area contributed by atoms with Crippen molar-refractivity contribution in [3.8, 4) is 12.3 Å². The summed E-state index contributed by atoms with van der Waals surface area (Å²) in [5, 5.41) is 13.0. The van der Waals surface area contributed by atoms with Gasteiger partial charge in [-0.3, -0.25) is 14.4 Å². The third-order valence-corrected chi connectivity index (χ3v) is 3.54. The fraction of sp³-hybridized carbons (Fsp3) is 0.706. The van der Waals surface area contributed by atoms with Gasteiger partial charge in [0.1, 0.15) is 24.9 Å². The lowest BCUT2D eigenvalue weighted by atomic mass is 9.96. The van der Waals surface area contributed by atoms with Gasteiger partial charge in [0.05, 0.1) is 6.61 Å². The predicted octanol–water partition coefficient (Wildman–Crippen LogP) is -0.498. The summed E-state index contributed by atoms with van der Waals surface area (Å²) in [5.74, 6) is 0.852. The van der Waals surface area contributed by atoms with Crippen molar-refractivity contribution in [2.45, 2.75) is 64.3 Å². The van der Waals surface area contributed by atoms with E-state index >= 15 is 0 Å². The van der Waals surface area contributed by atoms with Gasteiger partial charge in [-0.05, 0) is 6.42 Å². The zero-order chi connectivity index (χ0) is 19.7. The minimum atomic E-state index is -1.33. The second-order valence-corrected chi connectivity index (χ2v) is 5.81. The summed E-state index contributed by atoms with van der Waals surface area (Å²) in [6.45, 7) is 3.64.